The maximum atomic E-state index is 6.46. The van der Waals surface area contributed by atoms with Gasteiger partial charge in [-0.1, -0.05) is 46.5 Å². The average molecular weight is 197 g/mol. The molecular formula is C13H27N. The Bertz CT molecular complexity index is 165. The molecule has 0 spiro atoms. The lowest BCUT2D eigenvalue weighted by molar-refractivity contribution is 0.267. The third-order valence-electron chi connectivity index (χ3n) is 4.12. The van der Waals surface area contributed by atoms with Gasteiger partial charge in [0.25, 0.3) is 0 Å². The van der Waals surface area contributed by atoms with Crippen LogP contribution in [0.25, 0.3) is 0 Å². The van der Waals surface area contributed by atoms with E-state index in [1.807, 2.05) is 0 Å². The van der Waals surface area contributed by atoms with E-state index in [1.165, 1.54) is 44.9 Å². The summed E-state index contributed by atoms with van der Waals surface area (Å²) in [5.74, 6) is 1.60. The zero-order chi connectivity index (χ0) is 10.6. The minimum atomic E-state index is 0.141. The van der Waals surface area contributed by atoms with Crippen LogP contribution in [0.2, 0.25) is 0 Å². The minimum absolute atomic E-state index is 0.141. The van der Waals surface area contributed by atoms with Gasteiger partial charge in [0.05, 0.1) is 0 Å². The fourth-order valence-corrected chi connectivity index (χ4v) is 2.74. The monoisotopic (exact) mass is 197 g/mol. The summed E-state index contributed by atoms with van der Waals surface area (Å²) in [4.78, 5) is 0. The van der Waals surface area contributed by atoms with Gasteiger partial charge in [0.2, 0.25) is 0 Å². The van der Waals surface area contributed by atoms with Crippen molar-refractivity contribution in [1.82, 2.24) is 0 Å². The van der Waals surface area contributed by atoms with Crippen LogP contribution in [-0.4, -0.2) is 5.54 Å². The van der Waals surface area contributed by atoms with Crippen LogP contribution in [0.15, 0.2) is 0 Å². The van der Waals surface area contributed by atoms with E-state index in [-0.39, 0.29) is 5.54 Å². The molecule has 1 aliphatic carbocycles. The Hall–Kier alpha value is -0.0400. The van der Waals surface area contributed by atoms with Gasteiger partial charge in [0.1, 0.15) is 0 Å². The third kappa shape index (κ3) is 2.98. The lowest BCUT2D eigenvalue weighted by Gasteiger charge is -2.32. The first-order valence-electron chi connectivity index (χ1n) is 6.37. The zero-order valence-corrected chi connectivity index (χ0v) is 10.2. The predicted molar refractivity (Wildman–Crippen MR) is 63.2 cm³/mol. The number of nitrogens with two attached hydrogens (primary N) is 1. The van der Waals surface area contributed by atoms with Gasteiger partial charge in [-0.15, -0.1) is 0 Å². The first-order valence-corrected chi connectivity index (χ1v) is 6.37. The van der Waals surface area contributed by atoms with Crippen LogP contribution >= 0.6 is 0 Å². The molecule has 0 bridgehead atoms. The molecule has 1 aliphatic rings. The Labute approximate surface area is 89.5 Å². The van der Waals surface area contributed by atoms with Crippen LogP contribution < -0.4 is 5.73 Å². The molecule has 84 valence electrons. The Morgan fingerprint density at radius 3 is 2.57 bits per heavy atom. The molecule has 0 heterocycles. The molecule has 1 saturated carbocycles. The summed E-state index contributed by atoms with van der Waals surface area (Å²) in [6.45, 7) is 6.85. The van der Waals surface area contributed by atoms with Gasteiger partial charge in [0, 0.05) is 5.54 Å². The van der Waals surface area contributed by atoms with Gasteiger partial charge in [-0.25, -0.2) is 0 Å². The van der Waals surface area contributed by atoms with E-state index in [1.54, 1.807) is 0 Å². The molecule has 14 heavy (non-hydrogen) atoms. The van der Waals surface area contributed by atoms with Gasteiger partial charge in [0.15, 0.2) is 0 Å². The van der Waals surface area contributed by atoms with Crippen molar-refractivity contribution in [2.45, 2.75) is 71.3 Å². The molecule has 0 aliphatic heterocycles. The summed E-state index contributed by atoms with van der Waals surface area (Å²) in [7, 11) is 0. The second-order valence-corrected chi connectivity index (χ2v) is 5.47. The van der Waals surface area contributed by atoms with Crippen molar-refractivity contribution in [2.24, 2.45) is 17.6 Å². The quantitative estimate of drug-likeness (QED) is 0.686. The van der Waals surface area contributed by atoms with Crippen molar-refractivity contribution in [3.05, 3.63) is 0 Å². The standard InChI is InChI=1S/C13H27N/c1-4-6-12-7-5-9-13(14,10-8-12)11(2)3/h11-12H,4-10,14H2,1-3H3. The fourth-order valence-electron chi connectivity index (χ4n) is 2.74. The Kier molecular flexibility index (Phi) is 4.43. The van der Waals surface area contributed by atoms with Crippen molar-refractivity contribution in [3.8, 4) is 0 Å². The van der Waals surface area contributed by atoms with E-state index in [4.69, 9.17) is 5.73 Å². The summed E-state index contributed by atoms with van der Waals surface area (Å²) < 4.78 is 0. The van der Waals surface area contributed by atoms with Crippen LogP contribution in [0.4, 0.5) is 0 Å². The highest BCUT2D eigenvalue weighted by atomic mass is 14.8. The molecule has 1 nitrogen and oxygen atoms in total. The number of hydrogen-bond acceptors (Lipinski definition) is 1. The average Bonchev–Trinajstić information content (AvgIpc) is 2.30. The Morgan fingerprint density at radius 2 is 2.00 bits per heavy atom. The topological polar surface area (TPSA) is 26.0 Å². The molecular weight excluding hydrogens is 170 g/mol. The highest BCUT2D eigenvalue weighted by Crippen LogP contribution is 2.34. The van der Waals surface area contributed by atoms with E-state index < -0.39 is 0 Å². The summed E-state index contributed by atoms with van der Waals surface area (Å²) in [6, 6.07) is 0. The highest BCUT2D eigenvalue weighted by molar-refractivity contribution is 4.90. The molecule has 0 saturated heterocycles. The largest absolute Gasteiger partial charge is 0.325 e. The number of hydrogen-bond donors (Lipinski definition) is 1. The van der Waals surface area contributed by atoms with Crippen molar-refractivity contribution in [2.75, 3.05) is 0 Å². The molecule has 0 amide bonds. The second kappa shape index (κ2) is 5.16. The molecule has 0 radical (unpaired) electrons. The Balaban J connectivity index is 2.47. The van der Waals surface area contributed by atoms with Crippen LogP contribution in [-0.2, 0) is 0 Å². The van der Waals surface area contributed by atoms with E-state index in [2.05, 4.69) is 20.8 Å². The predicted octanol–water partition coefficient (Wildman–Crippen LogP) is 3.72. The second-order valence-electron chi connectivity index (χ2n) is 5.47. The molecule has 1 rings (SSSR count). The smallest absolute Gasteiger partial charge is 0.0177 e. The van der Waals surface area contributed by atoms with Crippen LogP contribution in [0.5, 0.6) is 0 Å². The van der Waals surface area contributed by atoms with Crippen molar-refractivity contribution in [1.29, 1.82) is 0 Å². The molecule has 2 unspecified atom stereocenters. The minimum Gasteiger partial charge on any atom is -0.325 e. The first kappa shape index (κ1) is 12.0. The third-order valence-corrected chi connectivity index (χ3v) is 4.12. The molecule has 2 N–H and O–H groups in total. The van der Waals surface area contributed by atoms with Crippen LogP contribution in [0.1, 0.15) is 65.7 Å². The zero-order valence-electron chi connectivity index (χ0n) is 10.2. The lowest BCUT2D eigenvalue weighted by Crippen LogP contribution is -2.44. The summed E-state index contributed by atoms with van der Waals surface area (Å²) in [5.41, 5.74) is 6.60. The van der Waals surface area contributed by atoms with Crippen molar-refractivity contribution < 1.29 is 0 Å². The molecule has 1 heteroatoms. The first-order chi connectivity index (χ1) is 6.58. The van der Waals surface area contributed by atoms with Gasteiger partial charge < -0.3 is 5.73 Å². The van der Waals surface area contributed by atoms with Crippen molar-refractivity contribution >= 4 is 0 Å². The van der Waals surface area contributed by atoms with Crippen LogP contribution in [0.3, 0.4) is 0 Å². The summed E-state index contributed by atoms with van der Waals surface area (Å²) in [5, 5.41) is 0. The SMILES string of the molecule is CCCC1CCCC(N)(C(C)C)CC1. The van der Waals surface area contributed by atoms with E-state index >= 15 is 0 Å². The molecule has 0 aromatic carbocycles. The maximum absolute atomic E-state index is 6.46. The van der Waals surface area contributed by atoms with Gasteiger partial charge >= 0.3 is 0 Å². The van der Waals surface area contributed by atoms with E-state index in [9.17, 15) is 0 Å². The van der Waals surface area contributed by atoms with Gasteiger partial charge in [-0.05, 0) is 31.1 Å². The summed E-state index contributed by atoms with van der Waals surface area (Å²) in [6.07, 6.45) is 9.36. The summed E-state index contributed by atoms with van der Waals surface area (Å²) >= 11 is 0. The lowest BCUT2D eigenvalue weighted by atomic mass is 9.80. The van der Waals surface area contributed by atoms with Crippen LogP contribution in [0, 0.1) is 11.8 Å². The fraction of sp³-hybridized carbons (Fsp3) is 1.00. The van der Waals surface area contributed by atoms with Gasteiger partial charge in [-0.3, -0.25) is 0 Å². The van der Waals surface area contributed by atoms with E-state index in [0.29, 0.717) is 5.92 Å². The maximum Gasteiger partial charge on any atom is 0.0177 e. The highest BCUT2D eigenvalue weighted by Gasteiger charge is 2.31. The number of rotatable bonds is 3. The molecule has 2 atom stereocenters. The molecule has 1 fully saturated rings. The van der Waals surface area contributed by atoms with E-state index in [0.717, 1.165) is 5.92 Å². The molecule has 0 aromatic rings. The molecule has 0 aromatic heterocycles. The van der Waals surface area contributed by atoms with Crippen molar-refractivity contribution in [3.63, 3.8) is 0 Å². The van der Waals surface area contributed by atoms with Gasteiger partial charge in [-0.2, -0.15) is 0 Å². The normalized spacial score (nSPS) is 34.5. The Morgan fingerprint density at radius 1 is 1.29 bits per heavy atom.